The van der Waals surface area contributed by atoms with Gasteiger partial charge >= 0.3 is 5.97 Å². The lowest BCUT2D eigenvalue weighted by molar-refractivity contribution is 0.0523. The number of rotatable bonds is 9. The van der Waals surface area contributed by atoms with Crippen LogP contribution < -0.4 is 4.74 Å². The molecule has 6 heteroatoms. The van der Waals surface area contributed by atoms with Gasteiger partial charge in [0.25, 0.3) is 0 Å². The van der Waals surface area contributed by atoms with Crippen LogP contribution in [0, 0.1) is 5.82 Å². The summed E-state index contributed by atoms with van der Waals surface area (Å²) in [6.07, 6.45) is 3.64. The number of carbonyl (C=O) groups excluding carboxylic acids is 1. The number of esters is 1. The molecule has 0 spiro atoms. The fraction of sp³-hybridized carbons (Fsp3) is 0.105. The molecular weight excluding hydrogens is 551 g/mol. The van der Waals surface area contributed by atoms with E-state index in [1.165, 1.54) is 19.2 Å². The molecule has 0 atom stereocenters. The number of carbonyl (C=O) groups is 1. The van der Waals surface area contributed by atoms with E-state index < -0.39 is 11.5 Å². The second-order valence-electron chi connectivity index (χ2n) is 10.3. The van der Waals surface area contributed by atoms with Crippen LogP contribution in [0.5, 0.6) is 5.75 Å². The van der Waals surface area contributed by atoms with Crippen molar-refractivity contribution in [2.45, 2.75) is 12.5 Å². The number of hydrogen-bond acceptors (Lipinski definition) is 4. The van der Waals surface area contributed by atoms with Crippen LogP contribution in [0.2, 0.25) is 0 Å². The average molecular weight is 583 g/mol. The van der Waals surface area contributed by atoms with E-state index in [4.69, 9.17) is 14.6 Å². The molecule has 0 radical (unpaired) electrons. The van der Waals surface area contributed by atoms with Crippen LogP contribution in [-0.2, 0) is 10.3 Å². The molecular formula is C38H31FN2O3. The van der Waals surface area contributed by atoms with Crippen molar-refractivity contribution in [3.8, 4) is 5.75 Å². The van der Waals surface area contributed by atoms with Gasteiger partial charge in [0.05, 0.1) is 30.3 Å². The number of methoxy groups -OCH3 is 1. The van der Waals surface area contributed by atoms with Crippen molar-refractivity contribution in [3.63, 3.8) is 0 Å². The Labute approximate surface area is 255 Å². The van der Waals surface area contributed by atoms with Crippen molar-refractivity contribution < 1.29 is 18.7 Å². The fourth-order valence-corrected chi connectivity index (χ4v) is 5.85. The van der Waals surface area contributed by atoms with Crippen LogP contribution in [0.1, 0.15) is 45.2 Å². The Morgan fingerprint density at radius 1 is 0.795 bits per heavy atom. The summed E-state index contributed by atoms with van der Waals surface area (Å²) in [6, 6.07) is 40.6. The topological polar surface area (TPSA) is 53.3 Å². The minimum Gasteiger partial charge on any atom is -0.495 e. The SMILES string of the molecule is CCOC(=O)c1ccc2c(c(/C=C/c3cccc(F)c3)nn2C(c2ccccc2)(c2ccccc2)c2ccccc2)c1OC. The highest BCUT2D eigenvalue weighted by Gasteiger charge is 2.41. The first kappa shape index (κ1) is 28.6. The minimum atomic E-state index is -0.913. The lowest BCUT2D eigenvalue weighted by Gasteiger charge is -2.37. The summed E-state index contributed by atoms with van der Waals surface area (Å²) in [6.45, 7) is 1.99. The molecule has 0 N–H and O–H groups in total. The number of fused-ring (bicyclic) bond motifs is 1. The van der Waals surface area contributed by atoms with E-state index in [-0.39, 0.29) is 12.4 Å². The molecule has 218 valence electrons. The van der Waals surface area contributed by atoms with Gasteiger partial charge in [0, 0.05) is 0 Å². The Balaban J connectivity index is 1.75. The van der Waals surface area contributed by atoms with Gasteiger partial charge in [0.15, 0.2) is 0 Å². The molecule has 0 fully saturated rings. The standard InChI is InChI=1S/C38H31FN2O3/c1-3-44-37(42)32-23-25-34-35(36(32)43-2)33(24-22-27-14-13-21-31(39)26-27)40-41(34)38(28-15-7-4-8-16-28,29-17-9-5-10-18-29)30-19-11-6-12-20-30/h4-26H,3H2,1-2H3/b24-22+. The van der Waals surface area contributed by atoms with E-state index in [0.29, 0.717) is 28.0 Å². The van der Waals surface area contributed by atoms with Gasteiger partial charge in [-0.05, 0) is 59.5 Å². The van der Waals surface area contributed by atoms with Gasteiger partial charge in [-0.1, -0.05) is 109 Å². The first-order valence-electron chi connectivity index (χ1n) is 14.5. The molecule has 0 aliphatic carbocycles. The molecule has 0 saturated heterocycles. The smallest absolute Gasteiger partial charge is 0.341 e. The maximum absolute atomic E-state index is 14.1. The number of ether oxygens (including phenoxy) is 2. The van der Waals surface area contributed by atoms with Crippen LogP contribution in [-0.4, -0.2) is 29.5 Å². The zero-order chi connectivity index (χ0) is 30.5. The van der Waals surface area contributed by atoms with Gasteiger partial charge in [0.2, 0.25) is 0 Å². The van der Waals surface area contributed by atoms with Gasteiger partial charge in [-0.25, -0.2) is 13.9 Å². The van der Waals surface area contributed by atoms with E-state index in [9.17, 15) is 9.18 Å². The summed E-state index contributed by atoms with van der Waals surface area (Å²) in [5.74, 6) is -0.463. The largest absolute Gasteiger partial charge is 0.495 e. The Bertz CT molecular complexity index is 1840. The Morgan fingerprint density at radius 3 is 1.91 bits per heavy atom. The molecule has 1 heterocycles. The van der Waals surface area contributed by atoms with Crippen molar-refractivity contribution in [2.24, 2.45) is 0 Å². The molecule has 0 bridgehead atoms. The highest BCUT2D eigenvalue weighted by atomic mass is 19.1. The summed E-state index contributed by atoms with van der Waals surface area (Å²) in [7, 11) is 1.54. The lowest BCUT2D eigenvalue weighted by Crippen LogP contribution is -2.38. The summed E-state index contributed by atoms with van der Waals surface area (Å²) in [4.78, 5) is 13.1. The molecule has 0 unspecified atom stereocenters. The van der Waals surface area contributed by atoms with Gasteiger partial charge in [-0.3, -0.25) is 0 Å². The van der Waals surface area contributed by atoms with Crippen LogP contribution in [0.25, 0.3) is 23.1 Å². The predicted octanol–water partition coefficient (Wildman–Crippen LogP) is 8.37. The van der Waals surface area contributed by atoms with Crippen LogP contribution >= 0.6 is 0 Å². The normalized spacial score (nSPS) is 11.6. The van der Waals surface area contributed by atoms with Gasteiger partial charge in [-0.15, -0.1) is 0 Å². The van der Waals surface area contributed by atoms with E-state index >= 15 is 0 Å². The number of aromatic nitrogens is 2. The molecule has 0 aliphatic rings. The Hall–Kier alpha value is -5.49. The summed E-state index contributed by atoms with van der Waals surface area (Å²) in [5.41, 5.74) is 4.34. The zero-order valence-electron chi connectivity index (χ0n) is 24.5. The fourth-order valence-electron chi connectivity index (χ4n) is 5.85. The maximum Gasteiger partial charge on any atom is 0.341 e. The highest BCUT2D eigenvalue weighted by molar-refractivity contribution is 6.04. The second kappa shape index (κ2) is 12.4. The third-order valence-corrected chi connectivity index (χ3v) is 7.70. The van der Waals surface area contributed by atoms with Gasteiger partial charge in [0.1, 0.15) is 22.7 Å². The van der Waals surface area contributed by atoms with E-state index in [1.807, 2.05) is 77.5 Å². The van der Waals surface area contributed by atoms with Crippen LogP contribution in [0.3, 0.4) is 0 Å². The van der Waals surface area contributed by atoms with Gasteiger partial charge in [-0.2, -0.15) is 5.10 Å². The monoisotopic (exact) mass is 582 g/mol. The zero-order valence-corrected chi connectivity index (χ0v) is 24.5. The van der Waals surface area contributed by atoms with Gasteiger partial charge < -0.3 is 9.47 Å². The summed E-state index contributed by atoms with van der Waals surface area (Å²) < 4.78 is 27.4. The van der Waals surface area contributed by atoms with Crippen molar-refractivity contribution in [3.05, 3.63) is 167 Å². The molecule has 5 nitrogen and oxygen atoms in total. The lowest BCUT2D eigenvalue weighted by atomic mass is 9.77. The average Bonchev–Trinajstić information content (AvgIpc) is 3.44. The Kier molecular flexibility index (Phi) is 8.06. The maximum atomic E-state index is 14.1. The predicted molar refractivity (Wildman–Crippen MR) is 172 cm³/mol. The number of hydrogen-bond donors (Lipinski definition) is 0. The molecule has 0 saturated carbocycles. The van der Waals surface area contributed by atoms with E-state index in [1.54, 1.807) is 25.1 Å². The molecule has 6 rings (SSSR count). The molecule has 5 aromatic carbocycles. The minimum absolute atomic E-state index is 0.227. The molecule has 44 heavy (non-hydrogen) atoms. The molecule has 0 aliphatic heterocycles. The highest BCUT2D eigenvalue weighted by Crippen LogP contribution is 2.45. The van der Waals surface area contributed by atoms with Crippen molar-refractivity contribution in [1.82, 2.24) is 9.78 Å². The van der Waals surface area contributed by atoms with Crippen molar-refractivity contribution >= 4 is 29.0 Å². The van der Waals surface area contributed by atoms with Crippen molar-refractivity contribution in [2.75, 3.05) is 13.7 Å². The number of halogens is 1. The molecule has 6 aromatic rings. The quantitative estimate of drug-likeness (QED) is 0.127. The molecule has 0 amide bonds. The van der Waals surface area contributed by atoms with E-state index in [0.717, 1.165) is 22.2 Å². The first-order valence-corrected chi connectivity index (χ1v) is 14.5. The van der Waals surface area contributed by atoms with Crippen LogP contribution in [0.4, 0.5) is 4.39 Å². The second-order valence-corrected chi connectivity index (χ2v) is 10.3. The van der Waals surface area contributed by atoms with E-state index in [2.05, 4.69) is 36.4 Å². The third-order valence-electron chi connectivity index (χ3n) is 7.70. The third kappa shape index (κ3) is 5.05. The van der Waals surface area contributed by atoms with Crippen LogP contribution in [0.15, 0.2) is 127 Å². The molecule has 1 aromatic heterocycles. The number of benzene rings is 5. The van der Waals surface area contributed by atoms with Crippen molar-refractivity contribution in [1.29, 1.82) is 0 Å². The summed E-state index contributed by atoms with van der Waals surface area (Å²) >= 11 is 0. The first-order chi connectivity index (χ1) is 21.6. The number of nitrogens with zero attached hydrogens (tertiary/aromatic N) is 2. The Morgan fingerprint density at radius 2 is 1.39 bits per heavy atom. The summed E-state index contributed by atoms with van der Waals surface area (Å²) in [5, 5.41) is 5.92.